The van der Waals surface area contributed by atoms with Gasteiger partial charge in [-0.2, -0.15) is 0 Å². The smallest absolute Gasteiger partial charge is 0.294 e. The number of fused-ring (bicyclic) bond motifs is 1. The largest absolute Gasteiger partial charge is 0.449 e. The van der Waals surface area contributed by atoms with E-state index in [4.69, 9.17) is 10.5 Å². The van der Waals surface area contributed by atoms with E-state index in [9.17, 15) is 4.79 Å². The van der Waals surface area contributed by atoms with Crippen LogP contribution in [0.15, 0.2) is 48.2 Å². The Bertz CT molecular complexity index is 826. The van der Waals surface area contributed by atoms with Crippen LogP contribution in [0.3, 0.4) is 0 Å². The third kappa shape index (κ3) is 4.06. The molecular weight excluding hydrogens is 326 g/mol. The third-order valence-electron chi connectivity index (χ3n) is 4.31. The van der Waals surface area contributed by atoms with Gasteiger partial charge in [-0.25, -0.2) is 0 Å². The fraction of sp³-hybridized carbons (Fsp3) is 0.286. The minimum absolute atomic E-state index is 0.137. The number of nitrogens with zero attached hydrogens (tertiary/aromatic N) is 2. The van der Waals surface area contributed by atoms with Crippen LogP contribution < -0.4 is 15.4 Å². The van der Waals surface area contributed by atoms with Crippen molar-refractivity contribution in [3.05, 3.63) is 59.4 Å². The van der Waals surface area contributed by atoms with Gasteiger partial charge in [0.25, 0.3) is 5.91 Å². The van der Waals surface area contributed by atoms with Gasteiger partial charge in [-0.1, -0.05) is 29.8 Å². The SMILES string of the molecule is Cc1ccc(/C=C2/Oc3ccc(N)cc3N(CCCN(C)C)C2=O)cc1. The number of amides is 1. The van der Waals surface area contributed by atoms with Crippen molar-refractivity contribution < 1.29 is 9.53 Å². The molecule has 0 fully saturated rings. The van der Waals surface area contributed by atoms with E-state index < -0.39 is 0 Å². The number of rotatable bonds is 5. The molecule has 0 unspecified atom stereocenters. The lowest BCUT2D eigenvalue weighted by Crippen LogP contribution is -2.39. The van der Waals surface area contributed by atoms with E-state index in [-0.39, 0.29) is 5.91 Å². The second-order valence-corrected chi connectivity index (χ2v) is 6.86. The van der Waals surface area contributed by atoms with Crippen LogP contribution in [0.1, 0.15) is 17.5 Å². The van der Waals surface area contributed by atoms with Gasteiger partial charge in [-0.05, 0) is 63.8 Å². The molecule has 2 N–H and O–H groups in total. The molecule has 1 aliphatic heterocycles. The average molecular weight is 351 g/mol. The van der Waals surface area contributed by atoms with Crippen molar-refractivity contribution in [1.29, 1.82) is 0 Å². The third-order valence-corrected chi connectivity index (χ3v) is 4.31. The number of aryl methyl sites for hydroxylation is 1. The van der Waals surface area contributed by atoms with Gasteiger partial charge in [0.1, 0.15) is 0 Å². The van der Waals surface area contributed by atoms with Gasteiger partial charge in [0, 0.05) is 12.2 Å². The molecule has 5 nitrogen and oxygen atoms in total. The molecule has 2 aromatic rings. The molecule has 0 saturated heterocycles. The van der Waals surface area contributed by atoms with Gasteiger partial charge < -0.3 is 20.3 Å². The van der Waals surface area contributed by atoms with Crippen LogP contribution in [0.2, 0.25) is 0 Å². The molecule has 2 aromatic carbocycles. The normalized spacial score (nSPS) is 15.3. The summed E-state index contributed by atoms with van der Waals surface area (Å²) < 4.78 is 5.89. The number of carbonyl (C=O) groups excluding carboxylic acids is 1. The Morgan fingerprint density at radius 2 is 1.88 bits per heavy atom. The summed E-state index contributed by atoms with van der Waals surface area (Å²) in [6.07, 6.45) is 2.66. The van der Waals surface area contributed by atoms with Crippen LogP contribution in [-0.2, 0) is 4.79 Å². The van der Waals surface area contributed by atoms with Crippen LogP contribution in [0.5, 0.6) is 5.75 Å². The first kappa shape index (κ1) is 18.0. The molecule has 3 rings (SSSR count). The summed E-state index contributed by atoms with van der Waals surface area (Å²) in [7, 11) is 4.05. The molecule has 1 heterocycles. The maximum Gasteiger partial charge on any atom is 0.294 e. The minimum atomic E-state index is -0.137. The molecule has 0 spiro atoms. The average Bonchev–Trinajstić information content (AvgIpc) is 2.60. The number of carbonyl (C=O) groups is 1. The molecule has 0 radical (unpaired) electrons. The molecule has 0 bridgehead atoms. The monoisotopic (exact) mass is 351 g/mol. The summed E-state index contributed by atoms with van der Waals surface area (Å²) >= 11 is 0. The summed E-state index contributed by atoms with van der Waals surface area (Å²) in [5, 5.41) is 0. The van der Waals surface area contributed by atoms with E-state index in [1.807, 2.05) is 51.4 Å². The quantitative estimate of drug-likeness (QED) is 0.663. The van der Waals surface area contributed by atoms with Crippen molar-refractivity contribution in [3.8, 4) is 5.75 Å². The summed E-state index contributed by atoms with van der Waals surface area (Å²) in [5.74, 6) is 0.848. The van der Waals surface area contributed by atoms with Crippen molar-refractivity contribution in [2.45, 2.75) is 13.3 Å². The topological polar surface area (TPSA) is 58.8 Å². The minimum Gasteiger partial charge on any atom is -0.449 e. The number of hydrogen-bond donors (Lipinski definition) is 1. The Kier molecular flexibility index (Phi) is 5.28. The maximum atomic E-state index is 13.0. The lowest BCUT2D eigenvalue weighted by atomic mass is 10.1. The Labute approximate surface area is 154 Å². The van der Waals surface area contributed by atoms with Crippen LogP contribution >= 0.6 is 0 Å². The Balaban J connectivity index is 1.93. The van der Waals surface area contributed by atoms with Crippen molar-refractivity contribution in [2.75, 3.05) is 37.8 Å². The number of benzene rings is 2. The number of nitrogens with two attached hydrogens (primary N) is 1. The zero-order chi connectivity index (χ0) is 18.7. The Morgan fingerprint density at radius 1 is 1.15 bits per heavy atom. The lowest BCUT2D eigenvalue weighted by molar-refractivity contribution is -0.117. The summed E-state index contributed by atoms with van der Waals surface area (Å²) in [5.41, 5.74) is 9.38. The van der Waals surface area contributed by atoms with E-state index >= 15 is 0 Å². The number of hydrogen-bond acceptors (Lipinski definition) is 4. The zero-order valence-corrected chi connectivity index (χ0v) is 15.5. The summed E-state index contributed by atoms with van der Waals surface area (Å²) in [4.78, 5) is 16.9. The standard InChI is InChI=1S/C21H25N3O2/c1-15-5-7-16(8-6-15)13-20-21(25)24(12-4-11-23(2)3)18-14-17(22)9-10-19(18)26-20/h5-10,13-14H,4,11-12,22H2,1-3H3/b20-13+. The van der Waals surface area contributed by atoms with Crippen molar-refractivity contribution >= 4 is 23.4 Å². The highest BCUT2D eigenvalue weighted by Crippen LogP contribution is 2.37. The van der Waals surface area contributed by atoms with Crippen LogP contribution in [0.25, 0.3) is 6.08 Å². The van der Waals surface area contributed by atoms with Crippen LogP contribution in [-0.4, -0.2) is 38.0 Å². The van der Waals surface area contributed by atoms with Gasteiger partial charge in [0.05, 0.1) is 5.69 Å². The summed E-state index contributed by atoms with van der Waals surface area (Å²) in [6, 6.07) is 13.4. The highest BCUT2D eigenvalue weighted by molar-refractivity contribution is 6.10. The first-order chi connectivity index (χ1) is 12.4. The predicted octanol–water partition coefficient (Wildman–Crippen LogP) is 3.30. The van der Waals surface area contributed by atoms with Crippen molar-refractivity contribution in [2.24, 2.45) is 0 Å². The molecule has 1 aliphatic rings. The van der Waals surface area contributed by atoms with Crippen LogP contribution in [0, 0.1) is 6.92 Å². The zero-order valence-electron chi connectivity index (χ0n) is 15.5. The van der Waals surface area contributed by atoms with E-state index in [0.717, 1.165) is 24.2 Å². The fourth-order valence-corrected chi connectivity index (χ4v) is 2.91. The van der Waals surface area contributed by atoms with E-state index in [0.29, 0.717) is 23.7 Å². The molecule has 1 amide bonds. The van der Waals surface area contributed by atoms with E-state index in [1.165, 1.54) is 5.56 Å². The highest BCUT2D eigenvalue weighted by Gasteiger charge is 2.30. The molecule has 136 valence electrons. The molecule has 0 aromatic heterocycles. The molecule has 0 atom stereocenters. The first-order valence-electron chi connectivity index (χ1n) is 8.76. The second kappa shape index (κ2) is 7.62. The molecule has 5 heteroatoms. The van der Waals surface area contributed by atoms with Gasteiger partial charge in [-0.3, -0.25) is 4.79 Å². The molecular formula is C21H25N3O2. The molecule has 26 heavy (non-hydrogen) atoms. The molecule has 0 aliphatic carbocycles. The number of nitrogen functional groups attached to an aromatic ring is 1. The fourth-order valence-electron chi connectivity index (χ4n) is 2.91. The number of ether oxygens (including phenoxy) is 1. The Morgan fingerprint density at radius 3 is 2.58 bits per heavy atom. The second-order valence-electron chi connectivity index (χ2n) is 6.86. The molecule has 0 saturated carbocycles. The van der Waals surface area contributed by atoms with Gasteiger partial charge in [-0.15, -0.1) is 0 Å². The lowest BCUT2D eigenvalue weighted by Gasteiger charge is -2.31. The Hall–Kier alpha value is -2.79. The van der Waals surface area contributed by atoms with Crippen molar-refractivity contribution in [1.82, 2.24) is 4.90 Å². The van der Waals surface area contributed by atoms with Crippen LogP contribution in [0.4, 0.5) is 11.4 Å². The predicted molar refractivity (Wildman–Crippen MR) is 106 cm³/mol. The first-order valence-corrected chi connectivity index (χ1v) is 8.76. The summed E-state index contributed by atoms with van der Waals surface area (Å²) in [6.45, 7) is 3.55. The highest BCUT2D eigenvalue weighted by atomic mass is 16.5. The van der Waals surface area contributed by atoms with Gasteiger partial charge in [0.2, 0.25) is 0 Å². The van der Waals surface area contributed by atoms with Gasteiger partial charge >= 0.3 is 0 Å². The van der Waals surface area contributed by atoms with Crippen molar-refractivity contribution in [3.63, 3.8) is 0 Å². The number of anilines is 2. The maximum absolute atomic E-state index is 13.0. The van der Waals surface area contributed by atoms with E-state index in [2.05, 4.69) is 4.90 Å². The van der Waals surface area contributed by atoms with Gasteiger partial charge in [0.15, 0.2) is 11.5 Å². The van der Waals surface area contributed by atoms with E-state index in [1.54, 1.807) is 23.1 Å².